The van der Waals surface area contributed by atoms with E-state index < -0.39 is 11.4 Å². The lowest BCUT2D eigenvalue weighted by molar-refractivity contribution is -0.0349. The molecule has 30 heavy (non-hydrogen) atoms. The average molecular weight is 410 g/mol. The molecule has 6 nitrogen and oxygen atoms in total. The topological polar surface area (TPSA) is 70.5 Å². The Kier molecular flexibility index (Phi) is 5.58. The van der Waals surface area contributed by atoms with Crippen LogP contribution in [0.2, 0.25) is 0 Å². The summed E-state index contributed by atoms with van der Waals surface area (Å²) in [6.07, 6.45) is 3.17. The number of likely N-dealkylation sites (tertiary alicyclic amines) is 1. The molecule has 1 aliphatic rings. The average Bonchev–Trinajstić information content (AvgIpc) is 2.76. The van der Waals surface area contributed by atoms with Crippen LogP contribution >= 0.6 is 0 Å². The first kappa shape index (κ1) is 20.5. The number of benzene rings is 1. The largest absolute Gasteiger partial charge is 0.497 e. The summed E-state index contributed by atoms with van der Waals surface area (Å²) in [5.74, 6) is 0.453. The van der Waals surface area contributed by atoms with Crippen LogP contribution in [0.15, 0.2) is 42.6 Å². The fourth-order valence-corrected chi connectivity index (χ4v) is 3.92. The molecule has 158 valence electrons. The zero-order valence-corrected chi connectivity index (χ0v) is 17.5. The lowest BCUT2D eigenvalue weighted by Crippen LogP contribution is -2.46. The van der Waals surface area contributed by atoms with Gasteiger partial charge in [-0.15, -0.1) is 0 Å². The van der Waals surface area contributed by atoms with E-state index in [1.54, 1.807) is 24.4 Å². The maximum absolute atomic E-state index is 14.3. The smallest absolute Gasteiger partial charge is 0.150 e. The fourth-order valence-electron chi connectivity index (χ4n) is 3.92. The third kappa shape index (κ3) is 4.08. The molecule has 0 aliphatic carbocycles. The lowest BCUT2D eigenvalue weighted by Gasteiger charge is -2.40. The summed E-state index contributed by atoms with van der Waals surface area (Å²) in [6.45, 7) is 3.78. The number of fused-ring (bicyclic) bond motifs is 1. The van der Waals surface area contributed by atoms with E-state index in [4.69, 9.17) is 9.72 Å². The molecule has 1 saturated heterocycles. The quantitative estimate of drug-likeness (QED) is 0.661. The molecule has 0 spiro atoms. The van der Waals surface area contributed by atoms with Crippen LogP contribution in [0.1, 0.15) is 31.4 Å². The number of halogens is 1. The van der Waals surface area contributed by atoms with Crippen molar-refractivity contribution in [2.24, 2.45) is 0 Å². The van der Waals surface area contributed by atoms with Gasteiger partial charge in [-0.2, -0.15) is 0 Å². The zero-order valence-electron chi connectivity index (χ0n) is 17.5. The highest BCUT2D eigenvalue weighted by molar-refractivity contribution is 5.81. The van der Waals surface area contributed by atoms with E-state index in [2.05, 4.69) is 22.2 Å². The van der Waals surface area contributed by atoms with E-state index in [9.17, 15) is 9.50 Å². The van der Waals surface area contributed by atoms with Crippen molar-refractivity contribution in [3.05, 3.63) is 54.1 Å². The highest BCUT2D eigenvalue weighted by Crippen LogP contribution is 2.36. The van der Waals surface area contributed by atoms with Crippen molar-refractivity contribution in [3.8, 4) is 5.75 Å². The molecule has 2 N–H and O–H groups in total. The molecule has 2 aromatic heterocycles. The van der Waals surface area contributed by atoms with Gasteiger partial charge in [0.25, 0.3) is 0 Å². The SMILES string of the molecule is COc1ccc(Nc2cc3nc([C@H](C)C4(O)CCN(C)CC4)ccc3cn2)c(F)c1. The second kappa shape index (κ2) is 8.16. The molecule has 7 heteroatoms. The summed E-state index contributed by atoms with van der Waals surface area (Å²) in [6, 6.07) is 10.4. The predicted molar refractivity (Wildman–Crippen MR) is 116 cm³/mol. The molecule has 1 aromatic carbocycles. The normalized spacial score (nSPS) is 17.6. The van der Waals surface area contributed by atoms with Gasteiger partial charge in [0.1, 0.15) is 17.4 Å². The van der Waals surface area contributed by atoms with Crippen LogP contribution in [-0.4, -0.2) is 52.8 Å². The van der Waals surface area contributed by atoms with Crippen molar-refractivity contribution >= 4 is 22.4 Å². The van der Waals surface area contributed by atoms with Gasteiger partial charge < -0.3 is 20.1 Å². The molecule has 0 radical (unpaired) electrons. The Hall–Kier alpha value is -2.77. The summed E-state index contributed by atoms with van der Waals surface area (Å²) in [5, 5.41) is 15.1. The highest BCUT2D eigenvalue weighted by Gasteiger charge is 2.38. The first-order chi connectivity index (χ1) is 14.4. The third-order valence-electron chi connectivity index (χ3n) is 6.14. The molecule has 3 aromatic rings. The number of hydrogen-bond donors (Lipinski definition) is 2. The summed E-state index contributed by atoms with van der Waals surface area (Å²) in [5.41, 5.74) is 1.16. The minimum absolute atomic E-state index is 0.0841. The summed E-state index contributed by atoms with van der Waals surface area (Å²) in [4.78, 5) is 11.4. The van der Waals surface area contributed by atoms with Crippen LogP contribution in [0.4, 0.5) is 15.9 Å². The molecule has 0 saturated carbocycles. The maximum Gasteiger partial charge on any atom is 0.150 e. The van der Waals surface area contributed by atoms with Gasteiger partial charge in [-0.1, -0.05) is 6.92 Å². The monoisotopic (exact) mass is 410 g/mol. The minimum atomic E-state index is -0.756. The van der Waals surface area contributed by atoms with Gasteiger partial charge in [0, 0.05) is 48.4 Å². The zero-order chi connectivity index (χ0) is 21.3. The number of nitrogens with zero attached hydrogens (tertiary/aromatic N) is 3. The fraction of sp³-hybridized carbons (Fsp3) is 0.391. The highest BCUT2D eigenvalue weighted by atomic mass is 19.1. The second-order valence-electron chi connectivity index (χ2n) is 8.10. The Bertz CT molecular complexity index is 1050. The van der Waals surface area contributed by atoms with E-state index in [1.165, 1.54) is 13.2 Å². The van der Waals surface area contributed by atoms with E-state index in [0.29, 0.717) is 17.3 Å². The molecule has 0 amide bonds. The van der Waals surface area contributed by atoms with Crippen molar-refractivity contribution in [2.75, 3.05) is 32.6 Å². The Labute approximate surface area is 175 Å². The molecule has 3 heterocycles. The molecular weight excluding hydrogens is 383 g/mol. The molecule has 0 bridgehead atoms. The third-order valence-corrected chi connectivity index (χ3v) is 6.14. The minimum Gasteiger partial charge on any atom is -0.497 e. The van der Waals surface area contributed by atoms with Crippen molar-refractivity contribution in [1.82, 2.24) is 14.9 Å². The number of hydrogen-bond acceptors (Lipinski definition) is 6. The van der Waals surface area contributed by atoms with Crippen LogP contribution in [0.3, 0.4) is 0 Å². The number of nitrogens with one attached hydrogen (secondary N) is 1. The standard InChI is InChI=1S/C23H27FN4O2/c1-15(23(29)8-10-28(2)11-9-23)19-6-4-16-14-25-22(13-21(16)26-19)27-20-7-5-17(30-3)12-18(20)24/h4-7,12-15,29H,8-11H2,1-3H3,(H,25,27)/t15-/m0/s1. The van der Waals surface area contributed by atoms with Crippen molar-refractivity contribution in [1.29, 1.82) is 0 Å². The van der Waals surface area contributed by atoms with Gasteiger partial charge in [-0.25, -0.2) is 9.37 Å². The number of pyridine rings is 2. The number of rotatable bonds is 5. The molecule has 1 aliphatic heterocycles. The van der Waals surface area contributed by atoms with Crippen LogP contribution < -0.4 is 10.1 Å². The second-order valence-corrected chi connectivity index (χ2v) is 8.10. The molecule has 1 atom stereocenters. The van der Waals surface area contributed by atoms with Gasteiger partial charge in [0.2, 0.25) is 0 Å². The van der Waals surface area contributed by atoms with Crippen LogP contribution in [0, 0.1) is 5.82 Å². The Morgan fingerprint density at radius 3 is 2.67 bits per heavy atom. The Morgan fingerprint density at radius 1 is 1.20 bits per heavy atom. The number of aromatic nitrogens is 2. The molecule has 1 fully saturated rings. The first-order valence-electron chi connectivity index (χ1n) is 10.2. The number of aliphatic hydroxyl groups is 1. The van der Waals surface area contributed by atoms with Crippen molar-refractivity contribution < 1.29 is 14.2 Å². The van der Waals surface area contributed by atoms with E-state index in [1.807, 2.05) is 19.1 Å². The first-order valence-corrected chi connectivity index (χ1v) is 10.2. The summed E-state index contributed by atoms with van der Waals surface area (Å²) >= 11 is 0. The predicted octanol–water partition coefficient (Wildman–Crippen LogP) is 4.08. The summed E-state index contributed by atoms with van der Waals surface area (Å²) in [7, 11) is 3.57. The number of anilines is 2. The van der Waals surface area contributed by atoms with Gasteiger partial charge in [-0.3, -0.25) is 4.98 Å². The summed E-state index contributed by atoms with van der Waals surface area (Å²) < 4.78 is 19.3. The number of methoxy groups -OCH3 is 1. The van der Waals surface area contributed by atoms with Crippen LogP contribution in [0.25, 0.3) is 10.9 Å². The van der Waals surface area contributed by atoms with E-state index >= 15 is 0 Å². The molecule has 0 unspecified atom stereocenters. The molecule has 4 rings (SSSR count). The van der Waals surface area contributed by atoms with Gasteiger partial charge in [-0.05, 0) is 44.2 Å². The van der Waals surface area contributed by atoms with Crippen molar-refractivity contribution in [2.45, 2.75) is 31.3 Å². The Morgan fingerprint density at radius 2 is 1.97 bits per heavy atom. The molecular formula is C23H27FN4O2. The maximum atomic E-state index is 14.3. The number of ether oxygens (including phenoxy) is 1. The number of piperidine rings is 1. The Balaban J connectivity index is 1.60. The van der Waals surface area contributed by atoms with Gasteiger partial charge >= 0.3 is 0 Å². The van der Waals surface area contributed by atoms with Crippen LogP contribution in [-0.2, 0) is 0 Å². The van der Waals surface area contributed by atoms with Gasteiger partial charge in [0.15, 0.2) is 0 Å². The van der Waals surface area contributed by atoms with E-state index in [-0.39, 0.29) is 5.92 Å². The lowest BCUT2D eigenvalue weighted by atomic mass is 9.78. The van der Waals surface area contributed by atoms with E-state index in [0.717, 1.165) is 42.5 Å². The van der Waals surface area contributed by atoms with Crippen molar-refractivity contribution in [3.63, 3.8) is 0 Å². The van der Waals surface area contributed by atoms with Gasteiger partial charge in [0.05, 0.1) is 23.9 Å². The van der Waals surface area contributed by atoms with Crippen LogP contribution in [0.5, 0.6) is 5.75 Å².